The van der Waals surface area contributed by atoms with Crippen LogP contribution in [0.25, 0.3) is 22.4 Å². The van der Waals surface area contributed by atoms with Crippen LogP contribution in [-0.2, 0) is 10.0 Å². The summed E-state index contributed by atoms with van der Waals surface area (Å²) in [7, 11) is -3.92. The summed E-state index contributed by atoms with van der Waals surface area (Å²) in [5.41, 5.74) is 0.548. The first-order chi connectivity index (χ1) is 15.0. The maximum atomic E-state index is 13.7. The Morgan fingerprint density at radius 1 is 1.03 bits per heavy atom. The Labute approximate surface area is 178 Å². The summed E-state index contributed by atoms with van der Waals surface area (Å²) in [6.45, 7) is 0.299. The third-order valence-corrected chi connectivity index (χ3v) is 7.36. The van der Waals surface area contributed by atoms with Gasteiger partial charge in [0.1, 0.15) is 17.6 Å². The number of aromatic nitrogens is 3. The monoisotopic (exact) mass is 438 g/mol. The largest absolute Gasteiger partial charge is 0.417 e. The highest BCUT2D eigenvalue weighted by Crippen LogP contribution is 2.36. The standard InChI is InChI=1S/C22H19FN4O3S/c23-16-7-5-8-17(14-16)31(28,29)27-13-4-3-10-19(27)21-25-26-22(30-21)20-18-9-2-1-6-15(18)11-12-24-20/h1-2,5-9,11-12,14,19H,3-4,10,13H2. The molecule has 1 aliphatic heterocycles. The number of piperidine rings is 1. The fraction of sp³-hybridized carbons (Fsp3) is 0.227. The van der Waals surface area contributed by atoms with Gasteiger partial charge in [-0.25, -0.2) is 12.8 Å². The Kier molecular flexibility index (Phi) is 4.99. The molecule has 0 radical (unpaired) electrons. The first-order valence-corrected chi connectivity index (χ1v) is 11.4. The quantitative estimate of drug-likeness (QED) is 0.471. The highest BCUT2D eigenvalue weighted by atomic mass is 32.2. The zero-order valence-corrected chi connectivity index (χ0v) is 17.3. The Balaban J connectivity index is 1.53. The number of pyridine rings is 1. The lowest BCUT2D eigenvalue weighted by atomic mass is 10.1. The molecule has 7 nitrogen and oxygen atoms in total. The van der Waals surface area contributed by atoms with Gasteiger partial charge in [0.05, 0.1) is 4.90 Å². The van der Waals surface area contributed by atoms with Crippen molar-refractivity contribution in [2.24, 2.45) is 0 Å². The number of fused-ring (bicyclic) bond motifs is 1. The van der Waals surface area contributed by atoms with Gasteiger partial charge >= 0.3 is 0 Å². The van der Waals surface area contributed by atoms with Gasteiger partial charge in [-0.3, -0.25) is 4.98 Å². The van der Waals surface area contributed by atoms with Crippen molar-refractivity contribution in [2.45, 2.75) is 30.2 Å². The predicted octanol–water partition coefficient (Wildman–Crippen LogP) is 4.34. The number of hydrogen-bond donors (Lipinski definition) is 0. The van der Waals surface area contributed by atoms with E-state index in [2.05, 4.69) is 15.2 Å². The van der Waals surface area contributed by atoms with Gasteiger partial charge in [0.25, 0.3) is 5.89 Å². The molecule has 0 bridgehead atoms. The molecule has 0 aliphatic carbocycles. The average molecular weight is 438 g/mol. The van der Waals surface area contributed by atoms with Crippen LogP contribution in [0, 0.1) is 5.82 Å². The van der Waals surface area contributed by atoms with E-state index in [0.717, 1.165) is 23.3 Å². The van der Waals surface area contributed by atoms with Gasteiger partial charge in [-0.05, 0) is 42.5 Å². The Morgan fingerprint density at radius 2 is 1.90 bits per heavy atom. The molecular weight excluding hydrogens is 419 g/mol. The summed E-state index contributed by atoms with van der Waals surface area (Å²) in [6.07, 6.45) is 3.74. The molecule has 1 fully saturated rings. The van der Waals surface area contributed by atoms with E-state index >= 15 is 0 Å². The van der Waals surface area contributed by atoms with Gasteiger partial charge in [-0.15, -0.1) is 10.2 Å². The molecule has 0 spiro atoms. The van der Waals surface area contributed by atoms with Crippen LogP contribution in [0.5, 0.6) is 0 Å². The van der Waals surface area contributed by atoms with E-state index in [1.165, 1.54) is 22.5 Å². The van der Waals surface area contributed by atoms with Crippen LogP contribution in [0.15, 0.2) is 70.1 Å². The molecule has 0 amide bonds. The molecule has 1 saturated heterocycles. The normalized spacial score (nSPS) is 17.8. The zero-order valence-electron chi connectivity index (χ0n) is 16.5. The Morgan fingerprint density at radius 3 is 2.77 bits per heavy atom. The van der Waals surface area contributed by atoms with Crippen LogP contribution < -0.4 is 0 Å². The highest BCUT2D eigenvalue weighted by Gasteiger charge is 2.37. The smallest absolute Gasteiger partial charge is 0.266 e. The van der Waals surface area contributed by atoms with Crippen molar-refractivity contribution >= 4 is 20.8 Å². The SMILES string of the molecule is O=S(=O)(c1cccc(F)c1)N1CCCCC1c1nnc(-c2nccc3ccccc23)o1. The van der Waals surface area contributed by atoms with Crippen molar-refractivity contribution in [1.82, 2.24) is 19.5 Å². The van der Waals surface area contributed by atoms with E-state index < -0.39 is 21.9 Å². The first kappa shape index (κ1) is 19.8. The fourth-order valence-electron chi connectivity index (χ4n) is 3.96. The molecule has 5 rings (SSSR count). The van der Waals surface area contributed by atoms with E-state index in [0.29, 0.717) is 25.1 Å². The maximum Gasteiger partial charge on any atom is 0.266 e. The van der Waals surface area contributed by atoms with Gasteiger partial charge in [-0.1, -0.05) is 36.8 Å². The first-order valence-electron chi connectivity index (χ1n) is 9.99. The molecule has 1 atom stereocenters. The second-order valence-electron chi connectivity index (χ2n) is 7.41. The molecule has 4 aromatic rings. The highest BCUT2D eigenvalue weighted by molar-refractivity contribution is 7.89. The molecule has 1 unspecified atom stereocenters. The van der Waals surface area contributed by atoms with Crippen LogP contribution in [0.2, 0.25) is 0 Å². The molecule has 9 heteroatoms. The Bertz CT molecular complexity index is 1350. The number of benzene rings is 2. The number of halogens is 1. The van der Waals surface area contributed by atoms with E-state index in [4.69, 9.17) is 4.42 Å². The van der Waals surface area contributed by atoms with Crippen LogP contribution in [-0.4, -0.2) is 34.4 Å². The van der Waals surface area contributed by atoms with Gasteiger partial charge in [0.2, 0.25) is 15.9 Å². The minimum atomic E-state index is -3.92. The summed E-state index contributed by atoms with van der Waals surface area (Å²) in [5, 5.41) is 10.2. The van der Waals surface area contributed by atoms with Crippen molar-refractivity contribution in [2.75, 3.05) is 6.54 Å². The van der Waals surface area contributed by atoms with Gasteiger partial charge in [0, 0.05) is 18.1 Å². The third-order valence-electron chi connectivity index (χ3n) is 5.46. The molecule has 158 valence electrons. The average Bonchev–Trinajstić information content (AvgIpc) is 3.29. The lowest BCUT2D eigenvalue weighted by molar-refractivity contribution is 0.220. The van der Waals surface area contributed by atoms with E-state index in [1.54, 1.807) is 6.20 Å². The van der Waals surface area contributed by atoms with Crippen molar-refractivity contribution in [1.29, 1.82) is 0 Å². The van der Waals surface area contributed by atoms with E-state index in [-0.39, 0.29) is 16.7 Å². The minimum Gasteiger partial charge on any atom is -0.417 e. The second kappa shape index (κ2) is 7.82. The lowest BCUT2D eigenvalue weighted by Gasteiger charge is -2.32. The molecular formula is C22H19FN4O3S. The molecule has 0 saturated carbocycles. The molecule has 3 heterocycles. The number of rotatable bonds is 4. The summed E-state index contributed by atoms with van der Waals surface area (Å²) in [4.78, 5) is 4.30. The summed E-state index contributed by atoms with van der Waals surface area (Å²) < 4.78 is 47.4. The summed E-state index contributed by atoms with van der Waals surface area (Å²) in [5.74, 6) is -0.151. The fourth-order valence-corrected chi connectivity index (χ4v) is 5.64. The molecule has 2 aromatic heterocycles. The second-order valence-corrected chi connectivity index (χ2v) is 9.30. The molecule has 0 N–H and O–H groups in total. The van der Waals surface area contributed by atoms with E-state index in [9.17, 15) is 12.8 Å². The summed E-state index contributed by atoms with van der Waals surface area (Å²) >= 11 is 0. The molecule has 2 aromatic carbocycles. The zero-order chi connectivity index (χ0) is 21.4. The van der Waals surface area contributed by atoms with Crippen LogP contribution in [0.3, 0.4) is 0 Å². The minimum absolute atomic E-state index is 0.0881. The number of hydrogen-bond acceptors (Lipinski definition) is 6. The molecule has 1 aliphatic rings. The van der Waals surface area contributed by atoms with Gasteiger partial charge < -0.3 is 4.42 Å². The number of nitrogens with zero attached hydrogens (tertiary/aromatic N) is 4. The maximum absolute atomic E-state index is 13.7. The van der Waals surface area contributed by atoms with Crippen molar-refractivity contribution in [3.63, 3.8) is 0 Å². The van der Waals surface area contributed by atoms with Crippen LogP contribution in [0.1, 0.15) is 31.2 Å². The third kappa shape index (κ3) is 3.60. The number of sulfonamides is 1. The van der Waals surface area contributed by atoms with E-state index in [1.807, 2.05) is 30.3 Å². The molecule has 31 heavy (non-hydrogen) atoms. The van der Waals surface area contributed by atoms with Crippen LogP contribution >= 0.6 is 0 Å². The van der Waals surface area contributed by atoms with Gasteiger partial charge in [0.15, 0.2) is 0 Å². The predicted molar refractivity (Wildman–Crippen MR) is 112 cm³/mol. The van der Waals surface area contributed by atoms with Gasteiger partial charge in [-0.2, -0.15) is 4.31 Å². The van der Waals surface area contributed by atoms with Crippen molar-refractivity contribution < 1.29 is 17.2 Å². The topological polar surface area (TPSA) is 89.2 Å². The van der Waals surface area contributed by atoms with Crippen LogP contribution in [0.4, 0.5) is 4.39 Å². The summed E-state index contributed by atoms with van der Waals surface area (Å²) in [6, 6.07) is 14.0. The van der Waals surface area contributed by atoms with Crippen molar-refractivity contribution in [3.8, 4) is 11.6 Å². The lowest BCUT2D eigenvalue weighted by Crippen LogP contribution is -2.38. The Hall–Kier alpha value is -3.17. The van der Waals surface area contributed by atoms with Crippen molar-refractivity contribution in [3.05, 3.63) is 72.5 Å².